The molecular formula is C22H25NO5. The van der Waals surface area contributed by atoms with Gasteiger partial charge in [0.05, 0.1) is 7.11 Å². The zero-order valence-corrected chi connectivity index (χ0v) is 16.3. The van der Waals surface area contributed by atoms with Gasteiger partial charge in [0.2, 0.25) is 12.7 Å². The van der Waals surface area contributed by atoms with Gasteiger partial charge in [0.1, 0.15) is 5.75 Å². The molecule has 6 heteroatoms. The van der Waals surface area contributed by atoms with Crippen LogP contribution in [0, 0.1) is 0 Å². The van der Waals surface area contributed by atoms with Gasteiger partial charge in [-0.25, -0.2) is 0 Å². The first kappa shape index (κ1) is 19.7. The quantitative estimate of drug-likeness (QED) is 0.616. The van der Waals surface area contributed by atoms with Crippen LogP contribution in [0.15, 0.2) is 42.5 Å². The maximum Gasteiger partial charge on any atom is 0.231 e. The van der Waals surface area contributed by atoms with Crippen molar-refractivity contribution in [2.75, 3.05) is 20.4 Å². The number of hydrogen-bond donors (Lipinski definition) is 0. The normalized spacial score (nSPS) is 11.9. The first-order valence-electron chi connectivity index (χ1n) is 9.44. The van der Waals surface area contributed by atoms with E-state index in [0.29, 0.717) is 49.4 Å². The number of hydrogen-bond acceptors (Lipinski definition) is 5. The Morgan fingerprint density at radius 2 is 1.79 bits per heavy atom. The van der Waals surface area contributed by atoms with Crippen molar-refractivity contribution in [3.05, 3.63) is 53.6 Å². The maximum absolute atomic E-state index is 12.6. The Morgan fingerprint density at radius 1 is 1.04 bits per heavy atom. The van der Waals surface area contributed by atoms with Gasteiger partial charge in [-0.2, -0.15) is 0 Å². The molecule has 28 heavy (non-hydrogen) atoms. The van der Waals surface area contributed by atoms with Gasteiger partial charge in [-0.1, -0.05) is 6.07 Å². The molecule has 0 atom stereocenters. The lowest BCUT2D eigenvalue weighted by Crippen LogP contribution is -2.30. The number of ether oxygens (including phenoxy) is 3. The Balaban J connectivity index is 1.49. The van der Waals surface area contributed by atoms with Crippen molar-refractivity contribution in [1.29, 1.82) is 0 Å². The molecule has 148 valence electrons. The van der Waals surface area contributed by atoms with E-state index in [0.717, 1.165) is 11.3 Å². The zero-order chi connectivity index (χ0) is 19.9. The number of carbonyl (C=O) groups is 2. The van der Waals surface area contributed by atoms with E-state index >= 15 is 0 Å². The number of fused-ring (bicyclic) bond motifs is 1. The van der Waals surface area contributed by atoms with Crippen LogP contribution in [-0.2, 0) is 11.3 Å². The van der Waals surface area contributed by atoms with Gasteiger partial charge in [0.15, 0.2) is 17.3 Å². The summed E-state index contributed by atoms with van der Waals surface area (Å²) < 4.78 is 15.8. The zero-order valence-electron chi connectivity index (χ0n) is 16.3. The SMILES string of the molecule is CCN(Cc1ccc2c(c1)OCO2)C(=O)CCCC(=O)c1ccc(OC)cc1. The molecule has 0 N–H and O–H groups in total. The van der Waals surface area contributed by atoms with Gasteiger partial charge in [0.25, 0.3) is 0 Å². The van der Waals surface area contributed by atoms with Crippen molar-refractivity contribution in [2.45, 2.75) is 32.7 Å². The van der Waals surface area contributed by atoms with Crippen LogP contribution in [0.4, 0.5) is 0 Å². The lowest BCUT2D eigenvalue weighted by Gasteiger charge is -2.21. The topological polar surface area (TPSA) is 65.1 Å². The third kappa shape index (κ3) is 4.82. The summed E-state index contributed by atoms with van der Waals surface area (Å²) in [7, 11) is 1.59. The van der Waals surface area contributed by atoms with Crippen LogP contribution < -0.4 is 14.2 Å². The molecule has 0 bridgehead atoms. The smallest absolute Gasteiger partial charge is 0.231 e. The molecule has 0 radical (unpaired) electrons. The number of carbonyl (C=O) groups excluding carboxylic acids is 2. The summed E-state index contributed by atoms with van der Waals surface area (Å²) in [5.74, 6) is 2.24. The summed E-state index contributed by atoms with van der Waals surface area (Å²) in [6.07, 6.45) is 1.22. The number of Topliss-reactive ketones (excluding diaryl/α,β-unsaturated/α-hetero) is 1. The molecule has 6 nitrogen and oxygen atoms in total. The van der Waals surface area contributed by atoms with Crippen molar-refractivity contribution in [1.82, 2.24) is 4.90 Å². The van der Waals surface area contributed by atoms with E-state index < -0.39 is 0 Å². The fourth-order valence-corrected chi connectivity index (χ4v) is 3.12. The van der Waals surface area contributed by atoms with Crippen LogP contribution in [0.25, 0.3) is 0 Å². The number of ketones is 1. The maximum atomic E-state index is 12.6. The first-order chi connectivity index (χ1) is 13.6. The molecule has 2 aromatic carbocycles. The monoisotopic (exact) mass is 383 g/mol. The highest BCUT2D eigenvalue weighted by atomic mass is 16.7. The van der Waals surface area contributed by atoms with E-state index in [4.69, 9.17) is 14.2 Å². The molecule has 0 saturated carbocycles. The van der Waals surface area contributed by atoms with E-state index in [-0.39, 0.29) is 18.5 Å². The average Bonchev–Trinajstić information content (AvgIpc) is 3.19. The van der Waals surface area contributed by atoms with Crippen molar-refractivity contribution < 1.29 is 23.8 Å². The second-order valence-corrected chi connectivity index (χ2v) is 6.60. The first-order valence-corrected chi connectivity index (χ1v) is 9.44. The Hall–Kier alpha value is -3.02. The highest BCUT2D eigenvalue weighted by Crippen LogP contribution is 2.32. The predicted octanol–water partition coefficient (Wildman–Crippen LogP) is 3.83. The molecule has 1 aliphatic heterocycles. The Labute approximate surface area is 165 Å². The number of nitrogens with zero attached hydrogens (tertiary/aromatic N) is 1. The minimum absolute atomic E-state index is 0.0364. The standard InChI is InChI=1S/C22H25NO5/c1-3-23(14-16-7-12-20-21(13-16)28-15-27-20)22(25)6-4-5-19(24)17-8-10-18(26-2)11-9-17/h7-13H,3-6,14-15H2,1-2H3. The lowest BCUT2D eigenvalue weighted by atomic mass is 10.0. The summed E-state index contributed by atoms with van der Waals surface area (Å²) in [6, 6.07) is 12.7. The summed E-state index contributed by atoms with van der Waals surface area (Å²) in [5.41, 5.74) is 1.63. The molecular weight excluding hydrogens is 358 g/mol. The van der Waals surface area contributed by atoms with E-state index in [1.165, 1.54) is 0 Å². The van der Waals surface area contributed by atoms with Gasteiger partial charge in [-0.3, -0.25) is 9.59 Å². The van der Waals surface area contributed by atoms with Gasteiger partial charge in [-0.15, -0.1) is 0 Å². The largest absolute Gasteiger partial charge is 0.497 e. The second-order valence-electron chi connectivity index (χ2n) is 6.60. The Bertz CT molecular complexity index is 831. The summed E-state index contributed by atoms with van der Waals surface area (Å²) in [6.45, 7) is 3.31. The fraction of sp³-hybridized carbons (Fsp3) is 0.364. The minimum Gasteiger partial charge on any atom is -0.497 e. The van der Waals surface area contributed by atoms with E-state index in [1.54, 1.807) is 36.3 Å². The van der Waals surface area contributed by atoms with Crippen LogP contribution >= 0.6 is 0 Å². The molecule has 0 saturated heterocycles. The van der Waals surface area contributed by atoms with Crippen LogP contribution in [-0.4, -0.2) is 37.0 Å². The molecule has 1 heterocycles. The van der Waals surface area contributed by atoms with Gasteiger partial charge in [-0.05, 0) is 55.3 Å². The predicted molar refractivity (Wildman–Crippen MR) is 105 cm³/mol. The van der Waals surface area contributed by atoms with E-state index in [2.05, 4.69) is 0 Å². The second kappa shape index (κ2) is 9.26. The molecule has 0 aromatic heterocycles. The average molecular weight is 383 g/mol. The third-order valence-corrected chi connectivity index (χ3v) is 4.75. The molecule has 0 spiro atoms. The highest BCUT2D eigenvalue weighted by molar-refractivity contribution is 5.96. The minimum atomic E-state index is 0.0364. The number of benzene rings is 2. The van der Waals surface area contributed by atoms with Crippen LogP contribution in [0.3, 0.4) is 0 Å². The molecule has 3 rings (SSSR count). The summed E-state index contributed by atoms with van der Waals surface area (Å²) >= 11 is 0. The summed E-state index contributed by atoms with van der Waals surface area (Å²) in [4.78, 5) is 26.6. The lowest BCUT2D eigenvalue weighted by molar-refractivity contribution is -0.131. The molecule has 0 unspecified atom stereocenters. The summed E-state index contributed by atoms with van der Waals surface area (Å²) in [5, 5.41) is 0. The molecule has 0 aliphatic carbocycles. The van der Waals surface area contributed by atoms with Crippen molar-refractivity contribution >= 4 is 11.7 Å². The Morgan fingerprint density at radius 3 is 2.50 bits per heavy atom. The molecule has 1 amide bonds. The van der Waals surface area contributed by atoms with Crippen LogP contribution in [0.2, 0.25) is 0 Å². The van der Waals surface area contributed by atoms with E-state index in [9.17, 15) is 9.59 Å². The number of methoxy groups -OCH3 is 1. The number of rotatable bonds is 9. The van der Waals surface area contributed by atoms with E-state index in [1.807, 2.05) is 25.1 Å². The van der Waals surface area contributed by atoms with Gasteiger partial charge < -0.3 is 19.1 Å². The highest BCUT2D eigenvalue weighted by Gasteiger charge is 2.17. The molecule has 1 aliphatic rings. The van der Waals surface area contributed by atoms with Gasteiger partial charge >= 0.3 is 0 Å². The van der Waals surface area contributed by atoms with Crippen molar-refractivity contribution in [3.8, 4) is 17.2 Å². The third-order valence-electron chi connectivity index (χ3n) is 4.75. The van der Waals surface area contributed by atoms with Crippen LogP contribution in [0.1, 0.15) is 42.1 Å². The molecule has 2 aromatic rings. The van der Waals surface area contributed by atoms with Crippen molar-refractivity contribution in [3.63, 3.8) is 0 Å². The number of amides is 1. The van der Waals surface area contributed by atoms with Gasteiger partial charge in [0, 0.05) is 31.5 Å². The van der Waals surface area contributed by atoms with Crippen LogP contribution in [0.5, 0.6) is 17.2 Å². The fourth-order valence-electron chi connectivity index (χ4n) is 3.12. The Kier molecular flexibility index (Phi) is 6.53. The van der Waals surface area contributed by atoms with Crippen molar-refractivity contribution in [2.24, 2.45) is 0 Å². The molecule has 0 fully saturated rings.